The smallest absolute Gasteiger partial charge is 0.259 e. The summed E-state index contributed by atoms with van der Waals surface area (Å²) in [6.07, 6.45) is 4.39. The van der Waals surface area contributed by atoms with Crippen molar-refractivity contribution in [2.45, 2.75) is 12.8 Å². The molecule has 2 heterocycles. The van der Waals surface area contributed by atoms with Gasteiger partial charge in [0.1, 0.15) is 5.82 Å². The summed E-state index contributed by atoms with van der Waals surface area (Å²) in [7, 11) is 0.361. The van der Waals surface area contributed by atoms with E-state index in [9.17, 15) is 13.2 Å². The van der Waals surface area contributed by atoms with Gasteiger partial charge >= 0.3 is 0 Å². The molecule has 0 radical (unpaired) electrons. The number of amides is 1. The van der Waals surface area contributed by atoms with E-state index < -0.39 is 10.0 Å². The van der Waals surface area contributed by atoms with Gasteiger partial charge in [-0.1, -0.05) is 0 Å². The van der Waals surface area contributed by atoms with Crippen LogP contribution < -0.4 is 14.5 Å². The molecule has 0 atom stereocenters. The summed E-state index contributed by atoms with van der Waals surface area (Å²) >= 11 is 0. The summed E-state index contributed by atoms with van der Waals surface area (Å²) in [6.45, 7) is 0.486. The molecule has 1 aromatic carbocycles. The van der Waals surface area contributed by atoms with Crippen molar-refractivity contribution in [1.82, 2.24) is 4.98 Å². The number of carbonyl (C=O) groups excluding carboxylic acids is 1. The quantitative estimate of drug-likeness (QED) is 0.886. The Labute approximate surface area is 153 Å². The van der Waals surface area contributed by atoms with Crippen molar-refractivity contribution in [3.05, 3.63) is 47.7 Å². The fourth-order valence-corrected chi connectivity index (χ4v) is 4.11. The molecule has 7 nitrogen and oxygen atoms in total. The van der Waals surface area contributed by atoms with Crippen molar-refractivity contribution in [2.75, 3.05) is 41.4 Å². The van der Waals surface area contributed by atoms with Crippen molar-refractivity contribution >= 4 is 33.1 Å². The van der Waals surface area contributed by atoms with E-state index in [4.69, 9.17) is 0 Å². The van der Waals surface area contributed by atoms with Crippen LogP contribution in [0.2, 0.25) is 0 Å². The second kappa shape index (κ2) is 6.95. The van der Waals surface area contributed by atoms with Gasteiger partial charge in [-0.25, -0.2) is 13.4 Å². The highest BCUT2D eigenvalue weighted by Crippen LogP contribution is 2.31. The maximum Gasteiger partial charge on any atom is 0.259 e. The van der Waals surface area contributed by atoms with E-state index in [2.05, 4.69) is 10.3 Å². The Bertz CT molecular complexity index is 941. The molecule has 0 saturated heterocycles. The predicted octanol–water partition coefficient (Wildman–Crippen LogP) is 2.11. The third-order valence-corrected chi connectivity index (χ3v) is 5.45. The second-order valence-corrected chi connectivity index (χ2v) is 8.41. The van der Waals surface area contributed by atoms with Crippen LogP contribution in [0.15, 0.2) is 36.5 Å². The van der Waals surface area contributed by atoms with Crippen molar-refractivity contribution in [3.8, 4) is 0 Å². The van der Waals surface area contributed by atoms with Crippen LogP contribution in [0.5, 0.6) is 0 Å². The number of nitrogens with zero attached hydrogens (tertiary/aromatic N) is 3. The van der Waals surface area contributed by atoms with Gasteiger partial charge in [0.25, 0.3) is 5.91 Å². The molecule has 8 heteroatoms. The molecule has 0 aliphatic carbocycles. The van der Waals surface area contributed by atoms with Crippen molar-refractivity contribution in [3.63, 3.8) is 0 Å². The summed E-state index contributed by atoms with van der Waals surface area (Å²) in [6, 6.07) is 8.77. The van der Waals surface area contributed by atoms with Crippen LogP contribution in [-0.2, 0) is 16.4 Å². The molecule has 2 aromatic rings. The van der Waals surface area contributed by atoms with Crippen LogP contribution in [0.1, 0.15) is 22.3 Å². The number of nitrogens with one attached hydrogen (secondary N) is 1. The van der Waals surface area contributed by atoms with Gasteiger partial charge in [-0.3, -0.25) is 9.10 Å². The Balaban J connectivity index is 1.87. The third kappa shape index (κ3) is 3.65. The molecular formula is C18H22N4O3S. The van der Waals surface area contributed by atoms with Gasteiger partial charge in [0.15, 0.2) is 0 Å². The van der Waals surface area contributed by atoms with Crippen LogP contribution in [0.4, 0.5) is 17.2 Å². The van der Waals surface area contributed by atoms with Gasteiger partial charge in [0.05, 0.1) is 17.5 Å². The number of hydrogen-bond acceptors (Lipinski definition) is 5. The minimum atomic E-state index is -3.30. The number of fused-ring (bicyclic) bond motifs is 1. The standard InChI is InChI=1S/C18H22N4O3S/c1-21(2)17-15(7-4-10-19-17)18(23)20-14-8-9-16-13(12-14)6-5-11-22(16)26(3,24)25/h4,7-10,12H,5-6,11H2,1-3H3,(H,20,23). The Morgan fingerprint density at radius 2 is 2.04 bits per heavy atom. The fourth-order valence-electron chi connectivity index (χ4n) is 3.11. The average Bonchev–Trinajstić information content (AvgIpc) is 2.60. The van der Waals surface area contributed by atoms with Crippen molar-refractivity contribution < 1.29 is 13.2 Å². The summed E-state index contributed by atoms with van der Waals surface area (Å²) in [5.41, 5.74) is 2.72. The van der Waals surface area contributed by atoms with Crippen LogP contribution in [-0.4, -0.2) is 46.2 Å². The van der Waals surface area contributed by atoms with E-state index in [1.54, 1.807) is 35.4 Å². The number of hydrogen-bond donors (Lipinski definition) is 1. The number of rotatable bonds is 4. The molecule has 1 aliphatic rings. The van der Waals surface area contributed by atoms with Crippen LogP contribution in [0.3, 0.4) is 0 Å². The van der Waals surface area contributed by atoms with E-state index in [-0.39, 0.29) is 5.91 Å². The van der Waals surface area contributed by atoms with Crippen molar-refractivity contribution in [2.24, 2.45) is 0 Å². The van der Waals surface area contributed by atoms with Gasteiger partial charge < -0.3 is 10.2 Å². The highest BCUT2D eigenvalue weighted by molar-refractivity contribution is 7.92. The lowest BCUT2D eigenvalue weighted by molar-refractivity contribution is 0.102. The topological polar surface area (TPSA) is 82.6 Å². The largest absolute Gasteiger partial charge is 0.362 e. The van der Waals surface area contributed by atoms with Gasteiger partial charge in [0, 0.05) is 32.5 Å². The summed E-state index contributed by atoms with van der Waals surface area (Å²) in [4.78, 5) is 18.7. The van der Waals surface area contributed by atoms with Crippen LogP contribution in [0, 0.1) is 0 Å². The molecule has 1 N–H and O–H groups in total. The molecule has 138 valence electrons. The summed E-state index contributed by atoms with van der Waals surface area (Å²) in [5.74, 6) is 0.337. The molecule has 26 heavy (non-hydrogen) atoms. The Hall–Kier alpha value is -2.61. The normalized spacial score (nSPS) is 13.9. The van der Waals surface area contributed by atoms with Crippen LogP contribution >= 0.6 is 0 Å². The van der Waals surface area contributed by atoms with Gasteiger partial charge in [0.2, 0.25) is 10.0 Å². The zero-order chi connectivity index (χ0) is 18.9. The lowest BCUT2D eigenvalue weighted by Crippen LogP contribution is -2.34. The van der Waals surface area contributed by atoms with E-state index >= 15 is 0 Å². The number of sulfonamides is 1. The first-order valence-corrected chi connectivity index (χ1v) is 10.2. The molecule has 0 unspecified atom stereocenters. The molecule has 0 saturated carbocycles. The molecule has 1 aromatic heterocycles. The minimum Gasteiger partial charge on any atom is -0.362 e. The highest BCUT2D eigenvalue weighted by Gasteiger charge is 2.24. The van der Waals surface area contributed by atoms with Gasteiger partial charge in [-0.05, 0) is 48.7 Å². The van der Waals surface area contributed by atoms with Crippen LogP contribution in [0.25, 0.3) is 0 Å². The Kier molecular flexibility index (Phi) is 4.86. The lowest BCUT2D eigenvalue weighted by Gasteiger charge is -2.29. The predicted molar refractivity (Wildman–Crippen MR) is 103 cm³/mol. The number of carbonyl (C=O) groups is 1. The zero-order valence-electron chi connectivity index (χ0n) is 15.1. The first-order valence-electron chi connectivity index (χ1n) is 8.31. The monoisotopic (exact) mass is 374 g/mol. The maximum atomic E-state index is 12.6. The molecule has 0 fully saturated rings. The fraction of sp³-hybridized carbons (Fsp3) is 0.333. The number of pyridine rings is 1. The first-order chi connectivity index (χ1) is 12.3. The summed E-state index contributed by atoms with van der Waals surface area (Å²) < 4.78 is 25.3. The number of benzene rings is 1. The molecular weight excluding hydrogens is 352 g/mol. The molecule has 1 amide bonds. The molecule has 1 aliphatic heterocycles. The SMILES string of the molecule is CN(C)c1ncccc1C(=O)Nc1ccc2c(c1)CCCN2S(C)(=O)=O. The minimum absolute atomic E-state index is 0.252. The molecule has 3 rings (SSSR count). The van der Waals surface area contributed by atoms with Gasteiger partial charge in [-0.15, -0.1) is 0 Å². The summed E-state index contributed by atoms with van der Waals surface area (Å²) in [5, 5.41) is 2.88. The average molecular weight is 374 g/mol. The zero-order valence-corrected chi connectivity index (χ0v) is 15.9. The lowest BCUT2D eigenvalue weighted by atomic mass is 10.0. The van der Waals surface area contributed by atoms with Crippen molar-refractivity contribution in [1.29, 1.82) is 0 Å². The van der Waals surface area contributed by atoms with E-state index in [1.165, 1.54) is 10.6 Å². The van der Waals surface area contributed by atoms with E-state index in [0.717, 1.165) is 18.4 Å². The van der Waals surface area contributed by atoms with E-state index in [0.29, 0.717) is 29.3 Å². The highest BCUT2D eigenvalue weighted by atomic mass is 32.2. The van der Waals surface area contributed by atoms with E-state index in [1.807, 2.05) is 20.2 Å². The molecule has 0 spiro atoms. The Morgan fingerprint density at radius 1 is 1.27 bits per heavy atom. The molecule has 0 bridgehead atoms. The third-order valence-electron chi connectivity index (χ3n) is 4.27. The number of anilines is 3. The second-order valence-electron chi connectivity index (χ2n) is 6.51. The number of aromatic nitrogens is 1. The first kappa shape index (κ1) is 18.2. The van der Waals surface area contributed by atoms with Gasteiger partial charge in [-0.2, -0.15) is 0 Å². The maximum absolute atomic E-state index is 12.6. The number of aryl methyl sites for hydroxylation is 1. The Morgan fingerprint density at radius 3 is 2.73 bits per heavy atom.